The second-order valence-electron chi connectivity index (χ2n) is 3.34. The molecule has 2 heterocycles. The molecule has 0 spiro atoms. The number of halogens is 1. The molecule has 0 bridgehead atoms. The molecule has 0 saturated heterocycles. The molecule has 0 radical (unpaired) electrons. The van der Waals surface area contributed by atoms with E-state index >= 15 is 0 Å². The molecular formula is C11H12INS2. The highest BCUT2D eigenvalue weighted by Gasteiger charge is 2.15. The highest BCUT2D eigenvalue weighted by atomic mass is 127. The zero-order chi connectivity index (χ0) is 10.8. The Kier molecular flexibility index (Phi) is 3.82. The summed E-state index contributed by atoms with van der Waals surface area (Å²) in [5.41, 5.74) is 2.77. The molecule has 1 nitrogen and oxygen atoms in total. The van der Waals surface area contributed by atoms with Crippen LogP contribution < -0.4 is 5.32 Å². The minimum atomic E-state index is 0.344. The van der Waals surface area contributed by atoms with Gasteiger partial charge in [-0.2, -0.15) is 0 Å². The molecule has 80 valence electrons. The predicted molar refractivity (Wildman–Crippen MR) is 77.0 cm³/mol. The molecule has 2 aromatic rings. The summed E-state index contributed by atoms with van der Waals surface area (Å²) in [6, 6.07) is 4.81. The average molecular weight is 349 g/mol. The van der Waals surface area contributed by atoms with Gasteiger partial charge in [0.2, 0.25) is 0 Å². The fraction of sp³-hybridized carbons (Fsp3) is 0.273. The van der Waals surface area contributed by atoms with Crippen LogP contribution in [0, 0.1) is 9.81 Å². The molecule has 0 aliphatic carbocycles. The zero-order valence-corrected chi connectivity index (χ0v) is 12.4. The quantitative estimate of drug-likeness (QED) is 0.825. The van der Waals surface area contributed by atoms with Crippen LogP contribution >= 0.6 is 45.3 Å². The normalized spacial score (nSPS) is 13.0. The third-order valence-electron chi connectivity index (χ3n) is 2.42. The van der Waals surface area contributed by atoms with E-state index in [9.17, 15) is 0 Å². The third-order valence-corrected chi connectivity index (χ3v) is 5.09. The second-order valence-corrected chi connectivity index (χ2v) is 7.26. The third kappa shape index (κ3) is 2.43. The standard InChI is InChI=1S/C11H12INS2/c1-7-9(3-4-14-7)11(13-2)8-5-10(12)15-6-8/h3-6,11,13H,1-2H3. The fourth-order valence-electron chi connectivity index (χ4n) is 1.67. The summed E-state index contributed by atoms with van der Waals surface area (Å²) in [7, 11) is 2.02. The Morgan fingerprint density at radius 2 is 2.20 bits per heavy atom. The van der Waals surface area contributed by atoms with Gasteiger partial charge in [-0.1, -0.05) is 0 Å². The van der Waals surface area contributed by atoms with Crippen molar-refractivity contribution in [1.29, 1.82) is 0 Å². The zero-order valence-electron chi connectivity index (χ0n) is 8.58. The van der Waals surface area contributed by atoms with E-state index in [1.54, 1.807) is 11.3 Å². The van der Waals surface area contributed by atoms with Gasteiger partial charge >= 0.3 is 0 Å². The molecule has 0 aliphatic rings. The van der Waals surface area contributed by atoms with Gasteiger partial charge in [0, 0.05) is 4.88 Å². The van der Waals surface area contributed by atoms with Gasteiger partial charge in [0.25, 0.3) is 0 Å². The van der Waals surface area contributed by atoms with Crippen LogP contribution in [0.2, 0.25) is 0 Å². The SMILES string of the molecule is CNC(c1csc(I)c1)c1ccsc1C. The number of hydrogen-bond acceptors (Lipinski definition) is 3. The number of hydrogen-bond donors (Lipinski definition) is 1. The average Bonchev–Trinajstić information content (AvgIpc) is 2.79. The van der Waals surface area contributed by atoms with Crippen molar-refractivity contribution < 1.29 is 0 Å². The summed E-state index contributed by atoms with van der Waals surface area (Å²) >= 11 is 5.98. The van der Waals surface area contributed by atoms with Crippen molar-refractivity contribution >= 4 is 45.3 Å². The van der Waals surface area contributed by atoms with Crippen LogP contribution in [0.4, 0.5) is 0 Å². The van der Waals surface area contributed by atoms with Crippen molar-refractivity contribution in [1.82, 2.24) is 5.32 Å². The van der Waals surface area contributed by atoms with Gasteiger partial charge in [-0.3, -0.25) is 0 Å². The Bertz CT molecular complexity index is 447. The summed E-state index contributed by atoms with van der Waals surface area (Å²) in [6.07, 6.45) is 0. The maximum atomic E-state index is 3.38. The van der Waals surface area contributed by atoms with Crippen molar-refractivity contribution in [3.05, 3.63) is 41.8 Å². The molecule has 15 heavy (non-hydrogen) atoms. The summed E-state index contributed by atoms with van der Waals surface area (Å²) < 4.78 is 1.34. The van der Waals surface area contributed by atoms with Crippen LogP contribution in [0.15, 0.2) is 22.9 Å². The Morgan fingerprint density at radius 3 is 2.67 bits per heavy atom. The van der Waals surface area contributed by atoms with E-state index in [-0.39, 0.29) is 0 Å². The summed E-state index contributed by atoms with van der Waals surface area (Å²) in [5.74, 6) is 0. The highest BCUT2D eigenvalue weighted by molar-refractivity contribution is 14.1. The summed E-state index contributed by atoms with van der Waals surface area (Å²) in [6.45, 7) is 2.18. The first kappa shape index (κ1) is 11.6. The lowest BCUT2D eigenvalue weighted by Gasteiger charge is -2.14. The van der Waals surface area contributed by atoms with Gasteiger partial charge in [-0.15, -0.1) is 22.7 Å². The maximum absolute atomic E-state index is 3.38. The number of thiophene rings is 2. The number of rotatable bonds is 3. The largest absolute Gasteiger partial charge is 0.309 e. The van der Waals surface area contributed by atoms with Crippen molar-refractivity contribution in [3.63, 3.8) is 0 Å². The van der Waals surface area contributed by atoms with E-state index in [2.05, 4.69) is 57.7 Å². The molecule has 4 heteroatoms. The Morgan fingerprint density at radius 1 is 1.40 bits per heavy atom. The monoisotopic (exact) mass is 349 g/mol. The van der Waals surface area contributed by atoms with Gasteiger partial charge in [-0.25, -0.2) is 0 Å². The van der Waals surface area contributed by atoms with E-state index < -0.39 is 0 Å². The van der Waals surface area contributed by atoms with Crippen LogP contribution in [0.25, 0.3) is 0 Å². The van der Waals surface area contributed by atoms with Crippen molar-refractivity contribution in [2.24, 2.45) is 0 Å². The predicted octanol–water partition coefficient (Wildman–Crippen LogP) is 4.03. The van der Waals surface area contributed by atoms with Gasteiger partial charge in [0.05, 0.1) is 8.93 Å². The molecular weight excluding hydrogens is 337 g/mol. The van der Waals surface area contributed by atoms with Crippen LogP contribution in [0.1, 0.15) is 22.0 Å². The first-order chi connectivity index (χ1) is 7.22. The summed E-state index contributed by atoms with van der Waals surface area (Å²) in [4.78, 5) is 1.40. The lowest BCUT2D eigenvalue weighted by Crippen LogP contribution is -2.17. The van der Waals surface area contributed by atoms with Gasteiger partial charge in [-0.05, 0) is 70.6 Å². The molecule has 0 saturated carbocycles. The lowest BCUT2D eigenvalue weighted by molar-refractivity contribution is 0.693. The summed E-state index contributed by atoms with van der Waals surface area (Å²) in [5, 5.41) is 7.78. The first-order valence-corrected chi connectivity index (χ1v) is 7.51. The topological polar surface area (TPSA) is 12.0 Å². The van der Waals surface area contributed by atoms with E-state index in [0.717, 1.165) is 0 Å². The first-order valence-electron chi connectivity index (χ1n) is 4.67. The molecule has 2 rings (SSSR count). The van der Waals surface area contributed by atoms with E-state index in [0.29, 0.717) is 6.04 Å². The smallest absolute Gasteiger partial charge is 0.0656 e. The minimum Gasteiger partial charge on any atom is -0.309 e. The second kappa shape index (κ2) is 4.95. The van der Waals surface area contributed by atoms with Crippen molar-refractivity contribution in [3.8, 4) is 0 Å². The molecule has 0 aliphatic heterocycles. The van der Waals surface area contributed by atoms with Gasteiger partial charge in [0.15, 0.2) is 0 Å². The van der Waals surface area contributed by atoms with Crippen LogP contribution in [-0.2, 0) is 0 Å². The molecule has 0 aromatic carbocycles. The molecule has 0 amide bonds. The number of aryl methyl sites for hydroxylation is 1. The van der Waals surface area contributed by atoms with Crippen LogP contribution in [-0.4, -0.2) is 7.05 Å². The van der Waals surface area contributed by atoms with Crippen LogP contribution in [0.5, 0.6) is 0 Å². The lowest BCUT2D eigenvalue weighted by atomic mass is 10.0. The van der Waals surface area contributed by atoms with Crippen molar-refractivity contribution in [2.75, 3.05) is 7.05 Å². The highest BCUT2D eigenvalue weighted by Crippen LogP contribution is 2.30. The van der Waals surface area contributed by atoms with E-state index in [4.69, 9.17) is 0 Å². The van der Waals surface area contributed by atoms with Crippen LogP contribution in [0.3, 0.4) is 0 Å². The van der Waals surface area contributed by atoms with Crippen molar-refractivity contribution in [2.45, 2.75) is 13.0 Å². The molecule has 1 unspecified atom stereocenters. The van der Waals surface area contributed by atoms with E-state index in [1.807, 2.05) is 18.4 Å². The Hall–Kier alpha value is 0.0900. The molecule has 0 fully saturated rings. The number of nitrogens with one attached hydrogen (secondary N) is 1. The maximum Gasteiger partial charge on any atom is 0.0656 e. The fourth-order valence-corrected chi connectivity index (χ4v) is 3.81. The molecule has 2 aromatic heterocycles. The van der Waals surface area contributed by atoms with E-state index in [1.165, 1.54) is 18.9 Å². The Balaban J connectivity index is 2.36. The molecule has 1 N–H and O–H groups in total. The van der Waals surface area contributed by atoms with Gasteiger partial charge < -0.3 is 5.32 Å². The Labute approximate surface area is 112 Å². The molecule has 1 atom stereocenters. The minimum absolute atomic E-state index is 0.344. The van der Waals surface area contributed by atoms with Gasteiger partial charge in [0.1, 0.15) is 0 Å².